The summed E-state index contributed by atoms with van der Waals surface area (Å²) < 4.78 is 0. The fourth-order valence-corrected chi connectivity index (χ4v) is 1.65. The predicted octanol–water partition coefficient (Wildman–Crippen LogP) is 1.37. The second-order valence-electron chi connectivity index (χ2n) is 4.53. The van der Waals surface area contributed by atoms with Crippen LogP contribution >= 0.6 is 0 Å². The Labute approximate surface area is 76.1 Å². The van der Waals surface area contributed by atoms with E-state index < -0.39 is 0 Å². The van der Waals surface area contributed by atoms with Crippen molar-refractivity contribution >= 4 is 0 Å². The van der Waals surface area contributed by atoms with Gasteiger partial charge in [0, 0.05) is 5.54 Å². The molecule has 1 atom stereocenters. The molecule has 2 heteroatoms. The molecule has 12 heavy (non-hydrogen) atoms. The van der Waals surface area contributed by atoms with Crippen molar-refractivity contribution in [1.29, 1.82) is 0 Å². The van der Waals surface area contributed by atoms with Gasteiger partial charge in [0.05, 0.1) is 0 Å². The normalized spacial score (nSPS) is 24.8. The maximum atomic E-state index is 3.41. The minimum Gasteiger partial charge on any atom is -0.316 e. The molecule has 1 fully saturated rings. The molecule has 1 heterocycles. The highest BCUT2D eigenvalue weighted by molar-refractivity contribution is 4.79. The second kappa shape index (κ2) is 4.24. The summed E-state index contributed by atoms with van der Waals surface area (Å²) in [6.45, 7) is 7.01. The maximum Gasteiger partial charge on any atom is 0.0122 e. The molecule has 0 bridgehead atoms. The summed E-state index contributed by atoms with van der Waals surface area (Å²) in [7, 11) is 2.05. The summed E-state index contributed by atoms with van der Waals surface area (Å²) >= 11 is 0. The van der Waals surface area contributed by atoms with Crippen LogP contribution < -0.4 is 10.6 Å². The molecule has 2 N–H and O–H groups in total. The summed E-state index contributed by atoms with van der Waals surface area (Å²) in [6.07, 6.45) is 4.02. The highest BCUT2D eigenvalue weighted by Crippen LogP contribution is 2.19. The Morgan fingerprint density at radius 3 is 2.75 bits per heavy atom. The summed E-state index contributed by atoms with van der Waals surface area (Å²) in [4.78, 5) is 0. The van der Waals surface area contributed by atoms with Crippen LogP contribution in [0.2, 0.25) is 0 Å². The minimum absolute atomic E-state index is 0.322. The van der Waals surface area contributed by atoms with Crippen molar-refractivity contribution in [3.63, 3.8) is 0 Å². The zero-order chi connectivity index (χ0) is 9.03. The van der Waals surface area contributed by atoms with Gasteiger partial charge in [0.2, 0.25) is 0 Å². The van der Waals surface area contributed by atoms with E-state index in [1.165, 1.54) is 32.4 Å². The van der Waals surface area contributed by atoms with Gasteiger partial charge in [0.15, 0.2) is 0 Å². The molecule has 0 aliphatic carbocycles. The monoisotopic (exact) mass is 170 g/mol. The van der Waals surface area contributed by atoms with E-state index >= 15 is 0 Å². The summed E-state index contributed by atoms with van der Waals surface area (Å²) in [5, 5.41) is 6.75. The van der Waals surface area contributed by atoms with Crippen LogP contribution in [0.3, 0.4) is 0 Å². The Morgan fingerprint density at radius 2 is 2.25 bits per heavy atom. The first-order chi connectivity index (χ1) is 5.64. The zero-order valence-corrected chi connectivity index (χ0v) is 8.61. The van der Waals surface area contributed by atoms with Gasteiger partial charge in [-0.25, -0.2) is 0 Å². The van der Waals surface area contributed by atoms with Crippen LogP contribution in [0.4, 0.5) is 0 Å². The van der Waals surface area contributed by atoms with Gasteiger partial charge >= 0.3 is 0 Å². The molecule has 2 nitrogen and oxygen atoms in total. The molecule has 72 valence electrons. The highest BCUT2D eigenvalue weighted by Gasteiger charge is 2.19. The number of nitrogens with one attached hydrogen (secondary N) is 2. The summed E-state index contributed by atoms with van der Waals surface area (Å²) in [5.41, 5.74) is 0.322. The lowest BCUT2D eigenvalue weighted by molar-refractivity contribution is 0.347. The molecule has 0 spiro atoms. The Morgan fingerprint density at radius 1 is 1.50 bits per heavy atom. The van der Waals surface area contributed by atoms with Crippen molar-refractivity contribution in [2.45, 2.75) is 38.6 Å². The predicted molar refractivity (Wildman–Crippen MR) is 53.3 cm³/mol. The Hall–Kier alpha value is -0.0800. The molecule has 1 aliphatic heterocycles. The van der Waals surface area contributed by atoms with E-state index in [4.69, 9.17) is 0 Å². The molecule has 1 saturated heterocycles. The van der Waals surface area contributed by atoms with Gasteiger partial charge in [-0.05, 0) is 59.2 Å². The molecule has 0 saturated carbocycles. The van der Waals surface area contributed by atoms with Crippen molar-refractivity contribution in [3.05, 3.63) is 0 Å². The van der Waals surface area contributed by atoms with Crippen LogP contribution in [0.5, 0.6) is 0 Å². The molecule has 1 rings (SSSR count). The largest absolute Gasteiger partial charge is 0.316 e. The van der Waals surface area contributed by atoms with Gasteiger partial charge in [0.1, 0.15) is 0 Å². The standard InChI is InChI=1S/C10H22N2/c1-10(2,11-3)6-4-9-5-7-12-8-9/h9,11-12H,4-8H2,1-3H3. The van der Waals surface area contributed by atoms with E-state index in [1.54, 1.807) is 0 Å². The average Bonchev–Trinajstić information content (AvgIpc) is 2.53. The highest BCUT2D eigenvalue weighted by atomic mass is 14.9. The number of rotatable bonds is 4. The molecular formula is C10H22N2. The van der Waals surface area contributed by atoms with Crippen LogP contribution in [0, 0.1) is 5.92 Å². The third-order valence-corrected chi connectivity index (χ3v) is 3.02. The first-order valence-corrected chi connectivity index (χ1v) is 5.04. The van der Waals surface area contributed by atoms with Gasteiger partial charge in [-0.1, -0.05) is 0 Å². The molecule has 0 radical (unpaired) electrons. The first-order valence-electron chi connectivity index (χ1n) is 5.04. The van der Waals surface area contributed by atoms with E-state index in [-0.39, 0.29) is 0 Å². The molecule has 1 unspecified atom stereocenters. The van der Waals surface area contributed by atoms with Gasteiger partial charge < -0.3 is 10.6 Å². The van der Waals surface area contributed by atoms with Gasteiger partial charge in [-0.15, -0.1) is 0 Å². The van der Waals surface area contributed by atoms with Crippen molar-refractivity contribution in [2.75, 3.05) is 20.1 Å². The lowest BCUT2D eigenvalue weighted by atomic mass is 9.92. The quantitative estimate of drug-likeness (QED) is 0.666. The third-order valence-electron chi connectivity index (χ3n) is 3.02. The van der Waals surface area contributed by atoms with Crippen LogP contribution in [-0.4, -0.2) is 25.7 Å². The molecule has 0 aromatic heterocycles. The van der Waals surface area contributed by atoms with Gasteiger partial charge in [-0.3, -0.25) is 0 Å². The SMILES string of the molecule is CNC(C)(C)CCC1CCNC1. The molecular weight excluding hydrogens is 148 g/mol. The minimum atomic E-state index is 0.322. The van der Waals surface area contributed by atoms with E-state index in [9.17, 15) is 0 Å². The third kappa shape index (κ3) is 3.11. The van der Waals surface area contributed by atoms with Crippen LogP contribution in [-0.2, 0) is 0 Å². The summed E-state index contributed by atoms with van der Waals surface area (Å²) in [6, 6.07) is 0. The van der Waals surface area contributed by atoms with Gasteiger partial charge in [-0.2, -0.15) is 0 Å². The number of hydrogen-bond donors (Lipinski definition) is 2. The fourth-order valence-electron chi connectivity index (χ4n) is 1.65. The smallest absolute Gasteiger partial charge is 0.0122 e. The van der Waals surface area contributed by atoms with Crippen molar-refractivity contribution in [2.24, 2.45) is 5.92 Å². The van der Waals surface area contributed by atoms with E-state index in [0.29, 0.717) is 5.54 Å². The fraction of sp³-hybridized carbons (Fsp3) is 1.00. The van der Waals surface area contributed by atoms with Crippen molar-refractivity contribution < 1.29 is 0 Å². The topological polar surface area (TPSA) is 24.1 Å². The van der Waals surface area contributed by atoms with Crippen LogP contribution in [0.15, 0.2) is 0 Å². The van der Waals surface area contributed by atoms with Gasteiger partial charge in [0.25, 0.3) is 0 Å². The Balaban J connectivity index is 2.15. The maximum absolute atomic E-state index is 3.41. The van der Waals surface area contributed by atoms with E-state index in [0.717, 1.165) is 5.92 Å². The number of hydrogen-bond acceptors (Lipinski definition) is 2. The van der Waals surface area contributed by atoms with E-state index in [1.807, 2.05) is 7.05 Å². The molecule has 0 amide bonds. The second-order valence-corrected chi connectivity index (χ2v) is 4.53. The molecule has 0 aromatic carbocycles. The lowest BCUT2D eigenvalue weighted by Gasteiger charge is -2.25. The molecule has 1 aliphatic rings. The van der Waals surface area contributed by atoms with Crippen LogP contribution in [0.25, 0.3) is 0 Å². The lowest BCUT2D eigenvalue weighted by Crippen LogP contribution is -2.36. The van der Waals surface area contributed by atoms with Crippen molar-refractivity contribution in [3.8, 4) is 0 Å². The zero-order valence-electron chi connectivity index (χ0n) is 8.61. The first kappa shape index (κ1) is 10.0. The van der Waals surface area contributed by atoms with Crippen LogP contribution in [0.1, 0.15) is 33.1 Å². The van der Waals surface area contributed by atoms with Crippen molar-refractivity contribution in [1.82, 2.24) is 10.6 Å². The Kier molecular flexibility index (Phi) is 3.53. The van der Waals surface area contributed by atoms with E-state index in [2.05, 4.69) is 24.5 Å². The average molecular weight is 170 g/mol. The summed E-state index contributed by atoms with van der Waals surface area (Å²) in [5.74, 6) is 0.928. The Bertz CT molecular complexity index is 126. The molecule has 0 aromatic rings.